The number of hydrogen-bond donors (Lipinski definition) is 0. The second-order valence-electron chi connectivity index (χ2n) is 6.63. The van der Waals surface area contributed by atoms with Gasteiger partial charge in [-0.05, 0) is 17.5 Å². The number of rotatable bonds is 7. The first-order valence-electron chi connectivity index (χ1n) is 8.46. The first-order valence-corrected chi connectivity index (χ1v) is 8.46. The van der Waals surface area contributed by atoms with E-state index in [-0.39, 0.29) is 17.0 Å². The molecule has 0 bridgehead atoms. The highest BCUT2D eigenvalue weighted by Crippen LogP contribution is 2.25. The molecule has 0 aliphatic carbocycles. The number of ether oxygens (including phenoxy) is 1. The third kappa shape index (κ3) is 4.91. The number of Topliss-reactive ketones (excluding diaryl/α,β-unsaturated/α-hetero) is 1. The average molecular weight is 370 g/mol. The van der Waals surface area contributed by atoms with Crippen LogP contribution in [0.1, 0.15) is 46.0 Å². The van der Waals surface area contributed by atoms with Gasteiger partial charge in [0.1, 0.15) is 0 Å². The Labute approximate surface area is 157 Å². The van der Waals surface area contributed by atoms with Crippen LogP contribution in [0.5, 0.6) is 0 Å². The van der Waals surface area contributed by atoms with Crippen molar-refractivity contribution in [2.24, 2.45) is 0 Å². The van der Waals surface area contributed by atoms with Gasteiger partial charge in [0.05, 0.1) is 16.2 Å². The minimum Gasteiger partial charge on any atom is -0.454 e. The number of nitrogens with zero attached hydrogens (tertiary/aromatic N) is 2. The van der Waals surface area contributed by atoms with Gasteiger partial charge in [0.25, 0.3) is 5.69 Å². The maximum atomic E-state index is 12.4. The van der Waals surface area contributed by atoms with Crippen molar-refractivity contribution in [2.75, 3.05) is 25.6 Å². The van der Waals surface area contributed by atoms with Gasteiger partial charge < -0.3 is 9.64 Å². The fourth-order valence-electron chi connectivity index (χ4n) is 2.54. The van der Waals surface area contributed by atoms with Crippen LogP contribution in [0, 0.1) is 10.1 Å². The predicted molar refractivity (Wildman–Crippen MR) is 103 cm³/mol. The summed E-state index contributed by atoms with van der Waals surface area (Å²) < 4.78 is 5.11. The summed E-state index contributed by atoms with van der Waals surface area (Å²) in [7, 11) is 3.42. The lowest BCUT2D eigenvalue weighted by Gasteiger charge is -2.16. The van der Waals surface area contributed by atoms with Gasteiger partial charge in [0.15, 0.2) is 12.4 Å². The quantitative estimate of drug-likeness (QED) is 0.318. The zero-order valence-electron chi connectivity index (χ0n) is 15.8. The van der Waals surface area contributed by atoms with Crippen molar-refractivity contribution in [2.45, 2.75) is 19.8 Å². The summed E-state index contributed by atoms with van der Waals surface area (Å²) in [4.78, 5) is 36.7. The zero-order valence-corrected chi connectivity index (χ0v) is 15.8. The molecule has 0 aromatic heterocycles. The largest absolute Gasteiger partial charge is 0.454 e. The molecule has 0 saturated heterocycles. The van der Waals surface area contributed by atoms with Crippen LogP contribution in [0.3, 0.4) is 0 Å². The van der Waals surface area contributed by atoms with E-state index in [1.165, 1.54) is 12.1 Å². The summed E-state index contributed by atoms with van der Waals surface area (Å²) in [6, 6.07) is 11.1. The van der Waals surface area contributed by atoms with Gasteiger partial charge in [-0.3, -0.25) is 14.9 Å². The molecule has 0 aliphatic heterocycles. The first-order chi connectivity index (χ1) is 12.7. The highest BCUT2D eigenvalue weighted by molar-refractivity contribution is 6.01. The van der Waals surface area contributed by atoms with Gasteiger partial charge in [-0.2, -0.15) is 0 Å². The van der Waals surface area contributed by atoms with E-state index < -0.39 is 17.5 Å². The highest BCUT2D eigenvalue weighted by atomic mass is 16.6. The van der Waals surface area contributed by atoms with Gasteiger partial charge in [-0.25, -0.2) is 4.79 Å². The summed E-state index contributed by atoms with van der Waals surface area (Å²) in [6.45, 7) is 3.68. The molecule has 0 N–H and O–H groups in total. The third-order valence-electron chi connectivity index (χ3n) is 4.13. The Bertz CT molecular complexity index is 857. The van der Waals surface area contributed by atoms with Crippen LogP contribution in [-0.2, 0) is 4.74 Å². The van der Waals surface area contributed by atoms with E-state index in [4.69, 9.17) is 4.74 Å². The zero-order chi connectivity index (χ0) is 20.1. The Morgan fingerprint density at radius 2 is 1.74 bits per heavy atom. The molecule has 0 radical (unpaired) electrons. The lowest BCUT2D eigenvalue weighted by atomic mass is 10.0. The van der Waals surface area contributed by atoms with Crippen molar-refractivity contribution in [1.29, 1.82) is 0 Å². The van der Waals surface area contributed by atoms with Crippen LogP contribution in [0.15, 0.2) is 42.5 Å². The van der Waals surface area contributed by atoms with E-state index >= 15 is 0 Å². The molecule has 142 valence electrons. The minimum atomic E-state index is -0.783. The Hall–Kier alpha value is -3.22. The Kier molecular flexibility index (Phi) is 6.28. The second-order valence-corrected chi connectivity index (χ2v) is 6.63. The molecule has 7 heteroatoms. The number of anilines is 1. The van der Waals surface area contributed by atoms with Crippen LogP contribution in [0.4, 0.5) is 11.4 Å². The van der Waals surface area contributed by atoms with Gasteiger partial charge in [-0.1, -0.05) is 38.1 Å². The Morgan fingerprint density at radius 3 is 2.26 bits per heavy atom. The fourth-order valence-corrected chi connectivity index (χ4v) is 2.54. The van der Waals surface area contributed by atoms with Crippen molar-refractivity contribution in [1.82, 2.24) is 0 Å². The van der Waals surface area contributed by atoms with E-state index in [0.717, 1.165) is 11.6 Å². The topological polar surface area (TPSA) is 89.8 Å². The highest BCUT2D eigenvalue weighted by Gasteiger charge is 2.20. The second kappa shape index (κ2) is 8.44. The van der Waals surface area contributed by atoms with Crippen LogP contribution >= 0.6 is 0 Å². The van der Waals surface area contributed by atoms with Crippen molar-refractivity contribution in [3.05, 3.63) is 69.3 Å². The number of carbonyl (C=O) groups is 2. The third-order valence-corrected chi connectivity index (χ3v) is 4.13. The lowest BCUT2D eigenvalue weighted by molar-refractivity contribution is -0.384. The molecule has 0 atom stereocenters. The van der Waals surface area contributed by atoms with E-state index in [9.17, 15) is 19.7 Å². The Balaban J connectivity index is 2.13. The molecule has 2 aromatic rings. The predicted octanol–water partition coefficient (Wildman–Crippen LogP) is 3.82. The maximum absolute atomic E-state index is 12.4. The van der Waals surface area contributed by atoms with Crippen LogP contribution in [-0.4, -0.2) is 37.4 Å². The molecular formula is C20H22N2O5. The number of ketones is 1. The number of nitro groups is 1. The molecule has 0 saturated carbocycles. The molecule has 2 aromatic carbocycles. The number of benzene rings is 2. The summed E-state index contributed by atoms with van der Waals surface area (Å²) in [5, 5.41) is 11.0. The molecule has 0 amide bonds. The summed E-state index contributed by atoms with van der Waals surface area (Å²) in [5.41, 5.74) is 1.84. The molecule has 7 nitrogen and oxygen atoms in total. The smallest absolute Gasteiger partial charge is 0.340 e. The van der Waals surface area contributed by atoms with Gasteiger partial charge in [0.2, 0.25) is 0 Å². The standard InChI is InChI=1S/C20H22N2O5/c1-13(2)14-5-7-15(8-6-14)19(23)12-27-20(24)17-11-16(22(25)26)9-10-18(17)21(3)4/h5-11,13H,12H2,1-4H3. The first kappa shape index (κ1) is 20.1. The van der Waals surface area contributed by atoms with Gasteiger partial charge in [0, 0.05) is 31.8 Å². The van der Waals surface area contributed by atoms with Crippen molar-refractivity contribution in [3.63, 3.8) is 0 Å². The molecule has 2 rings (SSSR count). The normalized spacial score (nSPS) is 10.6. The monoisotopic (exact) mass is 370 g/mol. The maximum Gasteiger partial charge on any atom is 0.340 e. The number of carbonyl (C=O) groups excluding carboxylic acids is 2. The molecule has 0 spiro atoms. The minimum absolute atomic E-state index is 0.0390. The van der Waals surface area contributed by atoms with E-state index in [0.29, 0.717) is 17.2 Å². The average Bonchev–Trinajstić information content (AvgIpc) is 2.65. The summed E-state index contributed by atoms with van der Waals surface area (Å²) in [5.74, 6) is -0.768. The van der Waals surface area contributed by atoms with E-state index in [1.54, 1.807) is 31.1 Å². The molecule has 0 unspecified atom stereocenters. The molecule has 27 heavy (non-hydrogen) atoms. The number of non-ortho nitro benzene ring substituents is 1. The van der Waals surface area contributed by atoms with Gasteiger partial charge >= 0.3 is 5.97 Å². The van der Waals surface area contributed by atoms with Crippen molar-refractivity contribution >= 4 is 23.1 Å². The molecule has 0 heterocycles. The van der Waals surface area contributed by atoms with Crippen LogP contribution < -0.4 is 4.90 Å². The summed E-state index contributed by atoms with van der Waals surface area (Å²) in [6.07, 6.45) is 0. The van der Waals surface area contributed by atoms with Crippen molar-refractivity contribution < 1.29 is 19.2 Å². The number of hydrogen-bond acceptors (Lipinski definition) is 6. The van der Waals surface area contributed by atoms with Gasteiger partial charge in [-0.15, -0.1) is 0 Å². The Morgan fingerprint density at radius 1 is 1.11 bits per heavy atom. The molecular weight excluding hydrogens is 348 g/mol. The van der Waals surface area contributed by atoms with Crippen LogP contribution in [0.25, 0.3) is 0 Å². The molecule has 0 aliphatic rings. The SMILES string of the molecule is CC(C)c1ccc(C(=O)COC(=O)c2cc([N+](=O)[O-])ccc2N(C)C)cc1. The van der Waals surface area contributed by atoms with Crippen LogP contribution in [0.2, 0.25) is 0 Å². The molecule has 0 fully saturated rings. The fraction of sp³-hybridized carbons (Fsp3) is 0.300. The number of nitro benzene ring substituents is 1. The summed E-state index contributed by atoms with van der Waals surface area (Å²) >= 11 is 0. The van der Waals surface area contributed by atoms with E-state index in [2.05, 4.69) is 13.8 Å². The van der Waals surface area contributed by atoms with Crippen molar-refractivity contribution in [3.8, 4) is 0 Å². The van der Waals surface area contributed by atoms with E-state index in [1.807, 2.05) is 12.1 Å². The number of esters is 1. The lowest BCUT2D eigenvalue weighted by Crippen LogP contribution is -2.18.